The van der Waals surface area contributed by atoms with Crippen molar-refractivity contribution in [3.05, 3.63) is 47.5 Å². The van der Waals surface area contributed by atoms with E-state index in [0.29, 0.717) is 11.0 Å². The van der Waals surface area contributed by atoms with Crippen molar-refractivity contribution in [1.82, 2.24) is 9.97 Å². The number of rotatable bonds is 3. The molecule has 1 aromatic heterocycles. The lowest BCUT2D eigenvalue weighted by molar-refractivity contribution is 0.415. The van der Waals surface area contributed by atoms with E-state index >= 15 is 0 Å². The fourth-order valence-electron chi connectivity index (χ4n) is 1.87. The molecule has 5 heteroatoms. The maximum Gasteiger partial charge on any atom is 0.205 e. The third kappa shape index (κ3) is 2.35. The first-order valence-electron chi connectivity index (χ1n) is 5.81. The predicted molar refractivity (Wildman–Crippen MR) is 77.4 cm³/mol. The number of para-hydroxylation sites is 1. The first kappa shape index (κ1) is 11.9. The molecule has 0 atom stereocenters. The first-order chi connectivity index (χ1) is 9.26. The van der Waals surface area contributed by atoms with Crippen LogP contribution in [0.3, 0.4) is 0 Å². The molecule has 0 fully saturated rings. The number of aromatic nitrogens is 2. The van der Waals surface area contributed by atoms with Gasteiger partial charge in [0.1, 0.15) is 5.75 Å². The molecule has 0 aliphatic heterocycles. The van der Waals surface area contributed by atoms with E-state index in [0.717, 1.165) is 22.5 Å². The standard InChI is InChI=1S/C14H12ClN3O/c1-19-9-6-7-12-13(8-9)18-14(17-12)16-11-5-3-2-4-10(11)15/h2-8H,1H3,(H2,16,17,18). The van der Waals surface area contributed by atoms with Crippen molar-refractivity contribution in [3.63, 3.8) is 0 Å². The summed E-state index contributed by atoms with van der Waals surface area (Å²) in [7, 11) is 1.64. The van der Waals surface area contributed by atoms with Gasteiger partial charge in [-0.2, -0.15) is 0 Å². The fourth-order valence-corrected chi connectivity index (χ4v) is 2.05. The molecule has 96 valence electrons. The van der Waals surface area contributed by atoms with Crippen molar-refractivity contribution in [2.45, 2.75) is 0 Å². The van der Waals surface area contributed by atoms with E-state index < -0.39 is 0 Å². The van der Waals surface area contributed by atoms with Gasteiger partial charge in [-0.15, -0.1) is 0 Å². The van der Waals surface area contributed by atoms with Gasteiger partial charge >= 0.3 is 0 Å². The van der Waals surface area contributed by atoms with Gasteiger partial charge in [0.15, 0.2) is 0 Å². The summed E-state index contributed by atoms with van der Waals surface area (Å²) in [4.78, 5) is 7.63. The Balaban J connectivity index is 1.95. The Hall–Kier alpha value is -2.20. The van der Waals surface area contributed by atoms with Crippen LogP contribution in [0.4, 0.5) is 11.6 Å². The van der Waals surface area contributed by atoms with Crippen LogP contribution in [0.25, 0.3) is 11.0 Å². The number of methoxy groups -OCH3 is 1. The number of benzene rings is 2. The Morgan fingerprint density at radius 1 is 1.21 bits per heavy atom. The number of hydrogen-bond donors (Lipinski definition) is 2. The normalized spacial score (nSPS) is 10.6. The number of nitrogens with zero attached hydrogens (tertiary/aromatic N) is 1. The lowest BCUT2D eigenvalue weighted by Gasteiger charge is -2.03. The van der Waals surface area contributed by atoms with E-state index in [1.807, 2.05) is 42.5 Å². The number of aromatic amines is 1. The van der Waals surface area contributed by atoms with Crippen LogP contribution in [0.2, 0.25) is 5.02 Å². The molecule has 2 N–H and O–H groups in total. The van der Waals surface area contributed by atoms with E-state index in [1.54, 1.807) is 7.11 Å². The molecule has 0 bridgehead atoms. The molecule has 0 unspecified atom stereocenters. The Bertz CT molecular complexity index is 724. The smallest absolute Gasteiger partial charge is 0.205 e. The fraction of sp³-hybridized carbons (Fsp3) is 0.0714. The Morgan fingerprint density at radius 2 is 2.05 bits per heavy atom. The molecular formula is C14H12ClN3O. The second kappa shape index (κ2) is 4.82. The van der Waals surface area contributed by atoms with Crippen LogP contribution in [0.15, 0.2) is 42.5 Å². The summed E-state index contributed by atoms with van der Waals surface area (Å²) in [5.41, 5.74) is 2.60. The van der Waals surface area contributed by atoms with Gasteiger partial charge in [0, 0.05) is 6.07 Å². The van der Waals surface area contributed by atoms with Gasteiger partial charge in [-0.1, -0.05) is 23.7 Å². The minimum absolute atomic E-state index is 0.649. The average molecular weight is 274 g/mol. The summed E-state index contributed by atoms with van der Waals surface area (Å²) in [5, 5.41) is 3.81. The topological polar surface area (TPSA) is 49.9 Å². The summed E-state index contributed by atoms with van der Waals surface area (Å²) in [5.74, 6) is 1.44. The number of halogens is 1. The highest BCUT2D eigenvalue weighted by molar-refractivity contribution is 6.33. The van der Waals surface area contributed by atoms with Crippen molar-refractivity contribution in [1.29, 1.82) is 0 Å². The molecule has 0 saturated carbocycles. The van der Waals surface area contributed by atoms with E-state index in [1.165, 1.54) is 0 Å². The summed E-state index contributed by atoms with van der Waals surface area (Å²) in [6.45, 7) is 0. The van der Waals surface area contributed by atoms with Crippen molar-refractivity contribution in [2.75, 3.05) is 12.4 Å². The monoisotopic (exact) mass is 273 g/mol. The second-order valence-electron chi connectivity index (χ2n) is 4.07. The zero-order chi connectivity index (χ0) is 13.2. The molecule has 0 aliphatic carbocycles. The Labute approximate surface area is 115 Å². The average Bonchev–Trinajstić information content (AvgIpc) is 2.82. The summed E-state index contributed by atoms with van der Waals surface area (Å²) >= 11 is 6.10. The highest BCUT2D eigenvalue weighted by atomic mass is 35.5. The van der Waals surface area contributed by atoms with E-state index in [9.17, 15) is 0 Å². The Morgan fingerprint density at radius 3 is 2.84 bits per heavy atom. The minimum atomic E-state index is 0.649. The number of fused-ring (bicyclic) bond motifs is 1. The molecule has 3 aromatic rings. The number of hydrogen-bond acceptors (Lipinski definition) is 3. The van der Waals surface area contributed by atoms with Gasteiger partial charge in [0.05, 0.1) is 28.9 Å². The van der Waals surface area contributed by atoms with Crippen LogP contribution in [0.5, 0.6) is 5.75 Å². The molecule has 3 rings (SSSR count). The molecule has 0 aliphatic rings. The largest absolute Gasteiger partial charge is 0.497 e. The SMILES string of the molecule is COc1ccc2nc(Nc3ccccc3Cl)[nH]c2c1. The van der Waals surface area contributed by atoms with E-state index in [2.05, 4.69) is 15.3 Å². The van der Waals surface area contributed by atoms with Crippen LogP contribution in [-0.2, 0) is 0 Å². The van der Waals surface area contributed by atoms with Crippen molar-refractivity contribution < 1.29 is 4.74 Å². The third-order valence-corrected chi connectivity index (χ3v) is 3.15. The zero-order valence-corrected chi connectivity index (χ0v) is 11.0. The first-order valence-corrected chi connectivity index (χ1v) is 6.19. The van der Waals surface area contributed by atoms with Crippen LogP contribution >= 0.6 is 11.6 Å². The number of anilines is 2. The van der Waals surface area contributed by atoms with Crippen molar-refractivity contribution in [2.24, 2.45) is 0 Å². The van der Waals surface area contributed by atoms with Gasteiger partial charge in [0.25, 0.3) is 0 Å². The molecular weight excluding hydrogens is 262 g/mol. The van der Waals surface area contributed by atoms with Crippen LogP contribution in [0, 0.1) is 0 Å². The van der Waals surface area contributed by atoms with Crippen molar-refractivity contribution >= 4 is 34.3 Å². The number of imidazole rings is 1. The van der Waals surface area contributed by atoms with Crippen molar-refractivity contribution in [3.8, 4) is 5.75 Å². The molecule has 0 radical (unpaired) electrons. The van der Waals surface area contributed by atoms with Crippen LogP contribution < -0.4 is 10.1 Å². The lowest BCUT2D eigenvalue weighted by atomic mass is 10.3. The van der Waals surface area contributed by atoms with Gasteiger partial charge in [0.2, 0.25) is 5.95 Å². The highest BCUT2D eigenvalue weighted by Crippen LogP contribution is 2.26. The maximum absolute atomic E-state index is 6.10. The predicted octanol–water partition coefficient (Wildman–Crippen LogP) is 3.97. The molecule has 0 spiro atoms. The molecule has 0 saturated heterocycles. The molecule has 0 amide bonds. The van der Waals surface area contributed by atoms with Gasteiger partial charge in [-0.05, 0) is 24.3 Å². The molecule has 1 heterocycles. The maximum atomic E-state index is 6.10. The van der Waals surface area contributed by atoms with Crippen LogP contribution in [-0.4, -0.2) is 17.1 Å². The quantitative estimate of drug-likeness (QED) is 0.759. The lowest BCUT2D eigenvalue weighted by Crippen LogP contribution is -1.92. The third-order valence-electron chi connectivity index (χ3n) is 2.82. The number of ether oxygens (including phenoxy) is 1. The van der Waals surface area contributed by atoms with Gasteiger partial charge in [-0.25, -0.2) is 4.98 Å². The van der Waals surface area contributed by atoms with Crippen LogP contribution in [0.1, 0.15) is 0 Å². The highest BCUT2D eigenvalue weighted by Gasteiger charge is 2.05. The Kier molecular flexibility index (Phi) is 3.01. The van der Waals surface area contributed by atoms with Gasteiger partial charge < -0.3 is 15.0 Å². The number of nitrogens with one attached hydrogen (secondary N) is 2. The summed E-state index contributed by atoms with van der Waals surface area (Å²) in [6.07, 6.45) is 0. The summed E-state index contributed by atoms with van der Waals surface area (Å²) in [6, 6.07) is 13.2. The molecule has 19 heavy (non-hydrogen) atoms. The molecule has 4 nitrogen and oxygen atoms in total. The number of H-pyrrole nitrogens is 1. The summed E-state index contributed by atoms with van der Waals surface area (Å²) < 4.78 is 5.18. The minimum Gasteiger partial charge on any atom is -0.497 e. The molecule has 2 aromatic carbocycles. The van der Waals surface area contributed by atoms with E-state index in [4.69, 9.17) is 16.3 Å². The van der Waals surface area contributed by atoms with Gasteiger partial charge in [-0.3, -0.25) is 0 Å². The van der Waals surface area contributed by atoms with E-state index in [-0.39, 0.29) is 0 Å². The zero-order valence-electron chi connectivity index (χ0n) is 10.3. The second-order valence-corrected chi connectivity index (χ2v) is 4.48.